The number of fused-ring (bicyclic) bond motifs is 2. The van der Waals surface area contributed by atoms with Crippen LogP contribution in [0, 0.1) is 5.92 Å². The molecule has 0 radical (unpaired) electrons. The zero-order valence-electron chi connectivity index (χ0n) is 15.7. The summed E-state index contributed by atoms with van der Waals surface area (Å²) in [5, 5.41) is 4.20. The Hall–Kier alpha value is -3.62. The number of nitrogens with zero attached hydrogens (tertiary/aromatic N) is 4. The van der Waals surface area contributed by atoms with E-state index in [0.717, 1.165) is 28.9 Å². The summed E-state index contributed by atoms with van der Waals surface area (Å²) in [5.41, 5.74) is 8.53. The molecule has 2 N–H and O–H groups in total. The van der Waals surface area contributed by atoms with Gasteiger partial charge in [0.2, 0.25) is 5.88 Å². The lowest BCUT2D eigenvalue weighted by molar-refractivity contribution is 0.0957. The fourth-order valence-corrected chi connectivity index (χ4v) is 3.76. The van der Waals surface area contributed by atoms with Crippen LogP contribution in [-0.4, -0.2) is 45.5 Å². The Balaban J connectivity index is 1.33. The highest BCUT2D eigenvalue weighted by Gasteiger charge is 2.35. The molecular formula is C20H19N5O4. The highest BCUT2D eigenvalue weighted by molar-refractivity contribution is 5.91. The van der Waals surface area contributed by atoms with Crippen LogP contribution < -0.4 is 19.9 Å². The predicted molar refractivity (Wildman–Crippen MR) is 102 cm³/mol. The number of benzene rings is 1. The van der Waals surface area contributed by atoms with Gasteiger partial charge >= 0.3 is 6.01 Å². The molecule has 1 amide bonds. The molecule has 0 aliphatic carbocycles. The van der Waals surface area contributed by atoms with Gasteiger partial charge in [-0.25, -0.2) is 14.6 Å². The van der Waals surface area contributed by atoms with Gasteiger partial charge in [-0.3, -0.25) is 4.79 Å². The summed E-state index contributed by atoms with van der Waals surface area (Å²) in [6, 6.07) is 8.00. The van der Waals surface area contributed by atoms with Gasteiger partial charge < -0.3 is 19.9 Å². The molecule has 2 aliphatic heterocycles. The maximum Gasteiger partial charge on any atom is 0.316 e. The first-order chi connectivity index (χ1) is 14.1. The van der Waals surface area contributed by atoms with Crippen molar-refractivity contribution in [2.75, 3.05) is 13.7 Å². The van der Waals surface area contributed by atoms with Crippen LogP contribution in [0.5, 0.6) is 17.6 Å². The Kier molecular flexibility index (Phi) is 4.08. The van der Waals surface area contributed by atoms with Crippen LogP contribution >= 0.6 is 0 Å². The average Bonchev–Trinajstić information content (AvgIpc) is 3.33. The largest absolute Gasteiger partial charge is 0.493 e. The van der Waals surface area contributed by atoms with E-state index in [4.69, 9.17) is 19.9 Å². The Morgan fingerprint density at radius 1 is 1.24 bits per heavy atom. The van der Waals surface area contributed by atoms with E-state index < -0.39 is 5.91 Å². The zero-order valence-corrected chi connectivity index (χ0v) is 15.7. The van der Waals surface area contributed by atoms with E-state index in [1.54, 1.807) is 23.1 Å². The number of amides is 1. The molecule has 2 atom stereocenters. The molecule has 1 aromatic carbocycles. The first-order valence-corrected chi connectivity index (χ1v) is 9.27. The van der Waals surface area contributed by atoms with E-state index in [9.17, 15) is 4.79 Å². The second-order valence-corrected chi connectivity index (χ2v) is 7.13. The van der Waals surface area contributed by atoms with Crippen LogP contribution in [0.4, 0.5) is 0 Å². The third kappa shape index (κ3) is 3.14. The minimum Gasteiger partial charge on any atom is -0.493 e. The Bertz CT molecular complexity index is 1060. The Labute approximate surface area is 166 Å². The van der Waals surface area contributed by atoms with Gasteiger partial charge in [0, 0.05) is 29.9 Å². The van der Waals surface area contributed by atoms with E-state index in [2.05, 4.69) is 21.1 Å². The van der Waals surface area contributed by atoms with Crippen molar-refractivity contribution in [3.05, 3.63) is 47.9 Å². The lowest BCUT2D eigenvalue weighted by atomic mass is 9.90. The molecule has 9 nitrogen and oxygen atoms in total. The number of hydrogen-bond acceptors (Lipinski definition) is 7. The van der Waals surface area contributed by atoms with E-state index in [1.807, 2.05) is 12.1 Å². The number of methoxy groups -OCH3 is 1. The summed E-state index contributed by atoms with van der Waals surface area (Å²) < 4.78 is 18.7. The summed E-state index contributed by atoms with van der Waals surface area (Å²) in [4.78, 5) is 19.6. The molecule has 0 bridgehead atoms. The minimum absolute atomic E-state index is 0.0689. The number of primary amides is 1. The summed E-state index contributed by atoms with van der Waals surface area (Å²) in [6.07, 6.45) is 4.23. The molecule has 3 aromatic rings. The Morgan fingerprint density at radius 3 is 2.79 bits per heavy atom. The summed E-state index contributed by atoms with van der Waals surface area (Å²) in [7, 11) is 1.54. The molecule has 0 spiro atoms. The first-order valence-electron chi connectivity index (χ1n) is 9.27. The van der Waals surface area contributed by atoms with E-state index >= 15 is 0 Å². The molecular weight excluding hydrogens is 374 g/mol. The van der Waals surface area contributed by atoms with E-state index in [-0.39, 0.29) is 17.7 Å². The molecule has 0 saturated carbocycles. The van der Waals surface area contributed by atoms with Gasteiger partial charge in [-0.05, 0) is 29.7 Å². The van der Waals surface area contributed by atoms with Gasteiger partial charge in [0.05, 0.1) is 20.3 Å². The Morgan fingerprint density at radius 2 is 2.07 bits per heavy atom. The molecule has 0 fully saturated rings. The van der Waals surface area contributed by atoms with Crippen molar-refractivity contribution < 1.29 is 19.0 Å². The van der Waals surface area contributed by atoms with Crippen LogP contribution in [0.1, 0.15) is 16.1 Å². The monoisotopic (exact) mass is 393 g/mol. The molecule has 2 aliphatic rings. The van der Waals surface area contributed by atoms with Gasteiger partial charge in [0.1, 0.15) is 11.9 Å². The number of ether oxygens (including phenoxy) is 3. The number of carbonyl (C=O) groups is 1. The van der Waals surface area contributed by atoms with Gasteiger partial charge in [-0.15, -0.1) is 0 Å². The van der Waals surface area contributed by atoms with Crippen molar-refractivity contribution in [1.82, 2.24) is 19.7 Å². The van der Waals surface area contributed by atoms with Gasteiger partial charge in [-0.2, -0.15) is 5.10 Å². The standard InChI is InChI=1S/C20H19N5O4/c1-27-20-22-7-14(8-23-20)11-2-3-16-12(4-11)5-13(10-28-16)17-9-25-18(29-17)6-15(24-25)19(21)26/h2-4,6-8,13,17H,5,9-10H2,1H3,(H2,21,26)/t13-,17?/m1/s1. The van der Waals surface area contributed by atoms with Gasteiger partial charge in [0.25, 0.3) is 5.91 Å². The van der Waals surface area contributed by atoms with Gasteiger partial charge in [-0.1, -0.05) is 6.07 Å². The number of hydrogen-bond donors (Lipinski definition) is 1. The van der Waals surface area contributed by atoms with Crippen molar-refractivity contribution in [3.8, 4) is 28.8 Å². The van der Waals surface area contributed by atoms with Crippen molar-refractivity contribution in [1.29, 1.82) is 0 Å². The lowest BCUT2D eigenvalue weighted by Gasteiger charge is -2.29. The number of nitrogens with two attached hydrogens (primary N) is 1. The number of aromatic nitrogens is 4. The molecule has 9 heteroatoms. The molecule has 0 saturated heterocycles. The van der Waals surface area contributed by atoms with Gasteiger partial charge in [0.15, 0.2) is 5.69 Å². The molecule has 4 heterocycles. The summed E-state index contributed by atoms with van der Waals surface area (Å²) in [5.74, 6) is 1.06. The first kappa shape index (κ1) is 17.5. The summed E-state index contributed by atoms with van der Waals surface area (Å²) >= 11 is 0. The highest BCUT2D eigenvalue weighted by Crippen LogP contribution is 2.35. The third-order valence-electron chi connectivity index (χ3n) is 5.29. The van der Waals surface area contributed by atoms with Crippen molar-refractivity contribution in [2.24, 2.45) is 11.7 Å². The fraction of sp³-hybridized carbons (Fsp3) is 0.300. The number of rotatable bonds is 4. The quantitative estimate of drug-likeness (QED) is 0.714. The lowest BCUT2D eigenvalue weighted by Crippen LogP contribution is -2.35. The molecule has 1 unspecified atom stereocenters. The summed E-state index contributed by atoms with van der Waals surface area (Å²) in [6.45, 7) is 1.13. The molecule has 148 valence electrons. The van der Waals surface area contributed by atoms with Crippen LogP contribution in [0.25, 0.3) is 11.1 Å². The van der Waals surface area contributed by atoms with Crippen LogP contribution in [0.15, 0.2) is 36.7 Å². The van der Waals surface area contributed by atoms with E-state index in [1.165, 1.54) is 7.11 Å². The maximum absolute atomic E-state index is 11.3. The smallest absolute Gasteiger partial charge is 0.316 e. The SMILES string of the molecule is COc1ncc(-c2ccc3c(c2)C[C@@H](C2Cn4nc(C(N)=O)cc4O2)CO3)cn1. The predicted octanol–water partition coefficient (Wildman–Crippen LogP) is 1.46. The maximum atomic E-state index is 11.3. The topological polar surface area (TPSA) is 114 Å². The van der Waals surface area contributed by atoms with Crippen LogP contribution in [-0.2, 0) is 13.0 Å². The fourth-order valence-electron chi connectivity index (χ4n) is 3.76. The van der Waals surface area contributed by atoms with Crippen LogP contribution in [0.3, 0.4) is 0 Å². The third-order valence-corrected chi connectivity index (χ3v) is 5.29. The second-order valence-electron chi connectivity index (χ2n) is 7.13. The number of carbonyl (C=O) groups excluding carboxylic acids is 1. The van der Waals surface area contributed by atoms with Crippen molar-refractivity contribution in [2.45, 2.75) is 19.1 Å². The normalized spacial score (nSPS) is 19.6. The molecule has 2 aromatic heterocycles. The van der Waals surface area contributed by atoms with Crippen molar-refractivity contribution >= 4 is 5.91 Å². The molecule has 29 heavy (non-hydrogen) atoms. The second kappa shape index (κ2) is 6.77. The van der Waals surface area contributed by atoms with E-state index in [0.29, 0.717) is 25.0 Å². The minimum atomic E-state index is -0.558. The van der Waals surface area contributed by atoms with Crippen molar-refractivity contribution in [3.63, 3.8) is 0 Å². The van der Waals surface area contributed by atoms with Crippen LogP contribution in [0.2, 0.25) is 0 Å². The molecule has 5 rings (SSSR count). The highest BCUT2D eigenvalue weighted by atomic mass is 16.5. The average molecular weight is 393 g/mol. The zero-order chi connectivity index (χ0) is 20.0.